The first-order valence-corrected chi connectivity index (χ1v) is 10.9. The van der Waals surface area contributed by atoms with Crippen molar-refractivity contribution in [3.05, 3.63) is 40.5 Å². The van der Waals surface area contributed by atoms with Crippen LogP contribution in [0.1, 0.15) is 59.2 Å². The van der Waals surface area contributed by atoms with Crippen molar-refractivity contribution < 1.29 is 12.8 Å². The van der Waals surface area contributed by atoms with Crippen LogP contribution in [0.3, 0.4) is 0 Å². The van der Waals surface area contributed by atoms with Gasteiger partial charge in [0.1, 0.15) is 5.54 Å². The number of rotatable bonds is 5. The lowest BCUT2D eigenvalue weighted by atomic mass is 9.97. The van der Waals surface area contributed by atoms with E-state index in [2.05, 4.69) is 26.1 Å². The van der Waals surface area contributed by atoms with E-state index in [1.54, 1.807) is 24.3 Å². The fourth-order valence-electron chi connectivity index (χ4n) is 3.08. The van der Waals surface area contributed by atoms with Crippen LogP contribution in [0.15, 0.2) is 38.1 Å². The van der Waals surface area contributed by atoms with Crippen LogP contribution in [0.5, 0.6) is 0 Å². The fourth-order valence-corrected chi connectivity index (χ4v) is 5.33. The first-order valence-electron chi connectivity index (χ1n) is 8.63. The molecule has 3 rings (SSSR count). The third-order valence-electron chi connectivity index (χ3n) is 4.45. The highest BCUT2D eigenvalue weighted by atomic mass is 79.9. The standard InChI is InChI=1S/C18H24BrN3O3S/c1-12(2)22(26(23,24)14-8-6-13(19)7-9-14)18(10-11-18)16-21-20-15(25-16)17(3,4)5/h6-9,12H,10-11H2,1-5H3. The molecule has 0 aliphatic heterocycles. The van der Waals surface area contributed by atoms with Crippen molar-refractivity contribution in [2.45, 2.75) is 69.4 Å². The minimum atomic E-state index is -3.70. The second kappa shape index (κ2) is 6.42. The van der Waals surface area contributed by atoms with Gasteiger partial charge in [0, 0.05) is 15.9 Å². The van der Waals surface area contributed by atoms with Gasteiger partial charge in [0.05, 0.1) is 4.90 Å². The van der Waals surface area contributed by atoms with Crippen molar-refractivity contribution in [1.82, 2.24) is 14.5 Å². The number of halogens is 1. The van der Waals surface area contributed by atoms with Crippen molar-refractivity contribution in [1.29, 1.82) is 0 Å². The van der Waals surface area contributed by atoms with Crippen molar-refractivity contribution in [2.75, 3.05) is 0 Å². The molecule has 0 N–H and O–H groups in total. The summed E-state index contributed by atoms with van der Waals surface area (Å²) in [6.07, 6.45) is 1.35. The molecule has 1 fully saturated rings. The Labute approximate surface area is 163 Å². The highest BCUT2D eigenvalue weighted by molar-refractivity contribution is 9.10. The van der Waals surface area contributed by atoms with Crippen molar-refractivity contribution >= 4 is 26.0 Å². The van der Waals surface area contributed by atoms with Gasteiger partial charge >= 0.3 is 0 Å². The van der Waals surface area contributed by atoms with Crippen LogP contribution in [0.2, 0.25) is 0 Å². The van der Waals surface area contributed by atoms with Crippen LogP contribution in [-0.4, -0.2) is 29.0 Å². The van der Waals surface area contributed by atoms with Crippen LogP contribution in [0, 0.1) is 0 Å². The summed E-state index contributed by atoms with van der Waals surface area (Å²) in [5.41, 5.74) is -1.04. The molecule has 0 bridgehead atoms. The van der Waals surface area contributed by atoms with E-state index in [-0.39, 0.29) is 16.4 Å². The maximum atomic E-state index is 13.4. The molecule has 8 heteroatoms. The monoisotopic (exact) mass is 441 g/mol. The molecule has 1 aromatic carbocycles. The Morgan fingerprint density at radius 2 is 1.73 bits per heavy atom. The van der Waals surface area contributed by atoms with Crippen molar-refractivity contribution in [3.63, 3.8) is 0 Å². The van der Waals surface area contributed by atoms with E-state index in [1.165, 1.54) is 4.31 Å². The Hall–Kier alpha value is -1.25. The molecule has 0 unspecified atom stereocenters. The molecule has 1 aromatic heterocycles. The zero-order chi connectivity index (χ0) is 19.3. The lowest BCUT2D eigenvalue weighted by Crippen LogP contribution is -2.45. The Balaban J connectivity index is 2.05. The molecule has 0 spiro atoms. The average molecular weight is 442 g/mol. The maximum Gasteiger partial charge on any atom is 0.244 e. The summed E-state index contributed by atoms with van der Waals surface area (Å²) >= 11 is 3.35. The molecule has 1 heterocycles. The number of nitrogens with zero attached hydrogens (tertiary/aromatic N) is 3. The van der Waals surface area contributed by atoms with Gasteiger partial charge in [0.25, 0.3) is 0 Å². The zero-order valence-corrected chi connectivity index (χ0v) is 18.1. The third-order valence-corrected chi connectivity index (χ3v) is 7.14. The van der Waals surface area contributed by atoms with E-state index in [0.717, 1.165) is 4.47 Å². The van der Waals surface area contributed by atoms with Crippen LogP contribution in [-0.2, 0) is 21.0 Å². The average Bonchev–Trinajstić information content (AvgIpc) is 3.11. The molecule has 0 atom stereocenters. The van der Waals surface area contributed by atoms with Gasteiger partial charge in [-0.05, 0) is 51.0 Å². The SMILES string of the molecule is CC(C)N(C1(c2nnc(C(C)(C)C)o2)CC1)S(=O)(=O)c1ccc(Br)cc1. The Kier molecular flexibility index (Phi) is 4.82. The molecule has 0 amide bonds. The van der Waals surface area contributed by atoms with Gasteiger partial charge in [0.15, 0.2) is 0 Å². The van der Waals surface area contributed by atoms with Gasteiger partial charge in [-0.1, -0.05) is 36.7 Å². The van der Waals surface area contributed by atoms with Crippen LogP contribution in [0.4, 0.5) is 0 Å². The van der Waals surface area contributed by atoms with Gasteiger partial charge in [0.2, 0.25) is 21.8 Å². The van der Waals surface area contributed by atoms with Gasteiger partial charge < -0.3 is 4.42 Å². The third kappa shape index (κ3) is 3.34. The summed E-state index contributed by atoms with van der Waals surface area (Å²) in [6.45, 7) is 9.71. The molecule has 26 heavy (non-hydrogen) atoms. The molecular weight excluding hydrogens is 418 g/mol. The van der Waals surface area contributed by atoms with Gasteiger partial charge in [-0.3, -0.25) is 0 Å². The molecule has 6 nitrogen and oxygen atoms in total. The molecule has 1 aliphatic carbocycles. The summed E-state index contributed by atoms with van der Waals surface area (Å²) in [5.74, 6) is 0.903. The molecule has 1 aliphatic rings. The molecule has 2 aromatic rings. The minimum Gasteiger partial charge on any atom is -0.423 e. The van der Waals surface area contributed by atoms with Gasteiger partial charge in [-0.15, -0.1) is 10.2 Å². The smallest absolute Gasteiger partial charge is 0.244 e. The summed E-state index contributed by atoms with van der Waals surface area (Å²) in [6, 6.07) is 6.44. The van der Waals surface area contributed by atoms with Gasteiger partial charge in [-0.2, -0.15) is 4.31 Å². The first kappa shape index (κ1) is 19.5. The minimum absolute atomic E-state index is 0.240. The second-order valence-corrected chi connectivity index (χ2v) is 10.8. The summed E-state index contributed by atoms with van der Waals surface area (Å²) in [4.78, 5) is 0.260. The summed E-state index contributed by atoms with van der Waals surface area (Å²) in [7, 11) is -3.70. The quantitative estimate of drug-likeness (QED) is 0.693. The largest absolute Gasteiger partial charge is 0.423 e. The fraction of sp³-hybridized carbons (Fsp3) is 0.556. The van der Waals surface area contributed by atoms with E-state index in [1.807, 2.05) is 34.6 Å². The van der Waals surface area contributed by atoms with Crippen LogP contribution >= 0.6 is 15.9 Å². The highest BCUT2D eigenvalue weighted by Gasteiger charge is 2.59. The van der Waals surface area contributed by atoms with Crippen molar-refractivity contribution in [3.8, 4) is 0 Å². The highest BCUT2D eigenvalue weighted by Crippen LogP contribution is 2.53. The van der Waals surface area contributed by atoms with Crippen molar-refractivity contribution in [2.24, 2.45) is 0 Å². The Morgan fingerprint density at radius 1 is 1.15 bits per heavy atom. The normalized spacial score (nSPS) is 17.1. The topological polar surface area (TPSA) is 76.3 Å². The summed E-state index contributed by atoms with van der Waals surface area (Å²) in [5, 5.41) is 8.37. The number of benzene rings is 1. The molecule has 0 saturated heterocycles. The van der Waals surface area contributed by atoms with E-state index in [9.17, 15) is 8.42 Å². The number of aromatic nitrogens is 2. The van der Waals surface area contributed by atoms with E-state index in [0.29, 0.717) is 24.6 Å². The first-order chi connectivity index (χ1) is 12.0. The lowest BCUT2D eigenvalue weighted by Gasteiger charge is -2.32. The lowest BCUT2D eigenvalue weighted by molar-refractivity contribution is 0.209. The summed E-state index contributed by atoms with van der Waals surface area (Å²) < 4.78 is 35.0. The number of sulfonamides is 1. The molecule has 0 radical (unpaired) electrons. The molecule has 142 valence electrons. The van der Waals surface area contributed by atoms with E-state index >= 15 is 0 Å². The molecular formula is C18H24BrN3O3S. The number of hydrogen-bond acceptors (Lipinski definition) is 5. The predicted molar refractivity (Wildman–Crippen MR) is 102 cm³/mol. The van der Waals surface area contributed by atoms with Crippen LogP contribution in [0.25, 0.3) is 0 Å². The van der Waals surface area contributed by atoms with E-state index < -0.39 is 15.6 Å². The second-order valence-electron chi connectivity index (χ2n) is 8.04. The Bertz CT molecular complexity index is 895. The Morgan fingerprint density at radius 3 is 2.15 bits per heavy atom. The maximum absolute atomic E-state index is 13.4. The van der Waals surface area contributed by atoms with Crippen LogP contribution < -0.4 is 0 Å². The molecule has 1 saturated carbocycles. The number of hydrogen-bond donors (Lipinski definition) is 0. The zero-order valence-electron chi connectivity index (χ0n) is 15.7. The van der Waals surface area contributed by atoms with E-state index in [4.69, 9.17) is 4.42 Å². The predicted octanol–water partition coefficient (Wildman–Crippen LogP) is 4.22. The van der Waals surface area contributed by atoms with Gasteiger partial charge in [-0.25, -0.2) is 8.42 Å².